The number of ether oxygens (including phenoxy) is 2. The van der Waals surface area contributed by atoms with Crippen LogP contribution in [0.15, 0.2) is 41.8 Å². The maximum Gasteiger partial charge on any atom is 0.337 e. The fraction of sp³-hybridized carbons (Fsp3) is 0.333. The Morgan fingerprint density at radius 1 is 1.17 bits per heavy atom. The summed E-state index contributed by atoms with van der Waals surface area (Å²) in [6, 6.07) is 9.73. The Bertz CT molecular complexity index is 910. The molecule has 30 heavy (non-hydrogen) atoms. The molecule has 3 rings (SSSR count). The van der Waals surface area contributed by atoms with Crippen LogP contribution in [0.1, 0.15) is 32.9 Å². The van der Waals surface area contributed by atoms with Crippen molar-refractivity contribution < 1.29 is 28.7 Å². The highest BCUT2D eigenvalue weighted by Gasteiger charge is 2.30. The van der Waals surface area contributed by atoms with E-state index in [0.29, 0.717) is 35.5 Å². The van der Waals surface area contributed by atoms with E-state index in [2.05, 4.69) is 10.1 Å². The van der Waals surface area contributed by atoms with Crippen LogP contribution in [0.25, 0.3) is 0 Å². The molecule has 1 saturated heterocycles. The molecule has 0 radical (unpaired) electrons. The minimum atomic E-state index is -0.491. The summed E-state index contributed by atoms with van der Waals surface area (Å²) in [6.07, 6.45) is 1.32. The number of rotatable bonds is 6. The van der Waals surface area contributed by atoms with Gasteiger partial charge in [-0.05, 0) is 48.6 Å². The largest absolute Gasteiger partial charge is 0.465 e. The number of benzene rings is 1. The second kappa shape index (κ2) is 10.0. The van der Waals surface area contributed by atoms with Crippen LogP contribution in [0, 0.1) is 5.92 Å². The lowest BCUT2D eigenvalue weighted by Gasteiger charge is -2.31. The number of hydrogen-bond acceptors (Lipinski definition) is 7. The van der Waals surface area contributed by atoms with Crippen molar-refractivity contribution >= 4 is 40.8 Å². The Morgan fingerprint density at radius 2 is 1.93 bits per heavy atom. The van der Waals surface area contributed by atoms with Crippen molar-refractivity contribution in [2.24, 2.45) is 5.92 Å². The van der Waals surface area contributed by atoms with Gasteiger partial charge in [0.25, 0.3) is 11.8 Å². The van der Waals surface area contributed by atoms with Gasteiger partial charge in [-0.3, -0.25) is 14.4 Å². The van der Waals surface area contributed by atoms with Gasteiger partial charge in [-0.25, -0.2) is 4.79 Å². The molecule has 1 aliphatic rings. The van der Waals surface area contributed by atoms with Gasteiger partial charge in [-0.2, -0.15) is 0 Å². The average molecular weight is 430 g/mol. The molecule has 1 aliphatic heterocycles. The summed E-state index contributed by atoms with van der Waals surface area (Å²) in [7, 11) is 1.29. The van der Waals surface area contributed by atoms with Crippen LogP contribution >= 0.6 is 11.3 Å². The van der Waals surface area contributed by atoms with Crippen LogP contribution in [0.2, 0.25) is 0 Å². The molecule has 2 aromatic rings. The summed E-state index contributed by atoms with van der Waals surface area (Å²) in [5.41, 5.74) is 0.829. The van der Waals surface area contributed by atoms with Gasteiger partial charge in [0, 0.05) is 18.8 Å². The summed E-state index contributed by atoms with van der Waals surface area (Å²) >= 11 is 1.37. The maximum absolute atomic E-state index is 12.5. The standard InChI is InChI=1S/C21H22N2O6S/c1-28-20(26)14-6-8-16(9-7-14)22-18(24)13-29-21(27)15-4-2-10-23(12-15)19(25)17-5-3-11-30-17/h3,5-9,11,15H,2,4,10,12-13H2,1H3,(H,22,24). The summed E-state index contributed by atoms with van der Waals surface area (Å²) in [4.78, 5) is 50.6. The first-order chi connectivity index (χ1) is 14.5. The zero-order valence-electron chi connectivity index (χ0n) is 16.5. The number of thiophene rings is 1. The number of nitrogens with one attached hydrogen (secondary N) is 1. The SMILES string of the molecule is COC(=O)c1ccc(NC(=O)COC(=O)C2CCCN(C(=O)c3cccs3)C2)cc1. The molecule has 0 aliphatic carbocycles. The lowest BCUT2D eigenvalue weighted by Crippen LogP contribution is -2.43. The molecular formula is C21H22N2O6S. The molecule has 1 aromatic carbocycles. The number of methoxy groups -OCH3 is 1. The van der Waals surface area contributed by atoms with Gasteiger partial charge in [0.1, 0.15) is 0 Å². The number of piperidine rings is 1. The van der Waals surface area contributed by atoms with Crippen LogP contribution in [-0.2, 0) is 19.1 Å². The Balaban J connectivity index is 1.47. The average Bonchev–Trinajstić information content (AvgIpc) is 3.32. The van der Waals surface area contributed by atoms with Crippen LogP contribution in [-0.4, -0.2) is 55.5 Å². The van der Waals surface area contributed by atoms with E-state index in [1.54, 1.807) is 23.1 Å². The fourth-order valence-corrected chi connectivity index (χ4v) is 3.86. The van der Waals surface area contributed by atoms with Crippen LogP contribution in [0.4, 0.5) is 5.69 Å². The van der Waals surface area contributed by atoms with Crippen molar-refractivity contribution in [2.45, 2.75) is 12.8 Å². The molecule has 1 fully saturated rings. The Hall–Kier alpha value is -3.20. The van der Waals surface area contributed by atoms with Crippen LogP contribution in [0.3, 0.4) is 0 Å². The highest BCUT2D eigenvalue weighted by molar-refractivity contribution is 7.12. The lowest BCUT2D eigenvalue weighted by molar-refractivity contribution is -0.152. The zero-order valence-corrected chi connectivity index (χ0v) is 17.3. The van der Waals surface area contributed by atoms with E-state index in [1.165, 1.54) is 30.6 Å². The monoisotopic (exact) mass is 430 g/mol. The number of nitrogens with zero attached hydrogens (tertiary/aromatic N) is 1. The number of hydrogen-bond donors (Lipinski definition) is 1. The fourth-order valence-electron chi connectivity index (χ4n) is 3.17. The smallest absolute Gasteiger partial charge is 0.337 e. The van der Waals surface area contributed by atoms with Crippen molar-refractivity contribution in [3.05, 3.63) is 52.2 Å². The summed E-state index contributed by atoms with van der Waals surface area (Å²) in [6.45, 7) is 0.460. The molecule has 1 aromatic heterocycles. The highest BCUT2D eigenvalue weighted by atomic mass is 32.1. The van der Waals surface area contributed by atoms with E-state index < -0.39 is 30.4 Å². The number of amides is 2. The summed E-state index contributed by atoms with van der Waals surface area (Å²) in [5.74, 6) is -1.99. The van der Waals surface area contributed by atoms with E-state index in [9.17, 15) is 19.2 Å². The summed E-state index contributed by atoms with van der Waals surface area (Å²) in [5, 5.41) is 4.44. The van der Waals surface area contributed by atoms with Crippen molar-refractivity contribution in [1.29, 1.82) is 0 Å². The molecule has 1 unspecified atom stereocenters. The van der Waals surface area contributed by atoms with Gasteiger partial charge < -0.3 is 19.7 Å². The number of anilines is 1. The Labute approximate surface area is 177 Å². The van der Waals surface area contributed by atoms with E-state index in [4.69, 9.17) is 4.74 Å². The van der Waals surface area contributed by atoms with Crippen molar-refractivity contribution in [2.75, 3.05) is 32.1 Å². The maximum atomic E-state index is 12.5. The number of carbonyl (C=O) groups is 4. The molecule has 1 atom stereocenters. The lowest BCUT2D eigenvalue weighted by atomic mass is 9.98. The first-order valence-electron chi connectivity index (χ1n) is 9.45. The van der Waals surface area contributed by atoms with E-state index >= 15 is 0 Å². The minimum Gasteiger partial charge on any atom is -0.465 e. The predicted molar refractivity (Wildman–Crippen MR) is 110 cm³/mol. The Morgan fingerprint density at radius 3 is 2.60 bits per heavy atom. The van der Waals surface area contributed by atoms with Gasteiger partial charge in [0.05, 0.1) is 23.5 Å². The van der Waals surface area contributed by atoms with Crippen LogP contribution < -0.4 is 5.32 Å². The minimum absolute atomic E-state index is 0.0874. The second-order valence-corrected chi connectivity index (χ2v) is 7.74. The molecule has 8 nitrogen and oxygen atoms in total. The van der Waals surface area contributed by atoms with Gasteiger partial charge in [-0.1, -0.05) is 6.07 Å². The molecule has 158 valence electrons. The quantitative estimate of drug-likeness (QED) is 0.707. The van der Waals surface area contributed by atoms with E-state index in [1.807, 2.05) is 11.4 Å². The van der Waals surface area contributed by atoms with Crippen molar-refractivity contribution in [3.8, 4) is 0 Å². The first-order valence-corrected chi connectivity index (χ1v) is 10.3. The van der Waals surface area contributed by atoms with E-state index in [-0.39, 0.29) is 12.5 Å². The van der Waals surface area contributed by atoms with Gasteiger partial charge >= 0.3 is 11.9 Å². The molecule has 2 heterocycles. The normalized spacial score (nSPS) is 15.9. The molecule has 0 spiro atoms. The van der Waals surface area contributed by atoms with Gasteiger partial charge in [-0.15, -0.1) is 11.3 Å². The topological polar surface area (TPSA) is 102 Å². The zero-order chi connectivity index (χ0) is 21.5. The number of esters is 2. The third-order valence-electron chi connectivity index (χ3n) is 4.71. The van der Waals surface area contributed by atoms with Crippen molar-refractivity contribution in [3.63, 3.8) is 0 Å². The van der Waals surface area contributed by atoms with Crippen molar-refractivity contribution in [1.82, 2.24) is 4.90 Å². The van der Waals surface area contributed by atoms with Gasteiger partial charge in [0.2, 0.25) is 0 Å². The predicted octanol–water partition coefficient (Wildman–Crippen LogP) is 2.57. The Kier molecular flexibility index (Phi) is 7.18. The number of likely N-dealkylation sites (tertiary alicyclic amines) is 1. The summed E-state index contributed by atoms with van der Waals surface area (Å²) < 4.78 is 9.77. The van der Waals surface area contributed by atoms with Crippen LogP contribution in [0.5, 0.6) is 0 Å². The highest BCUT2D eigenvalue weighted by Crippen LogP contribution is 2.21. The second-order valence-electron chi connectivity index (χ2n) is 6.79. The molecular weight excluding hydrogens is 408 g/mol. The third-order valence-corrected chi connectivity index (χ3v) is 5.57. The molecule has 2 amide bonds. The number of carbonyl (C=O) groups excluding carboxylic acids is 4. The third kappa shape index (κ3) is 5.44. The molecule has 9 heteroatoms. The molecule has 0 saturated carbocycles. The van der Waals surface area contributed by atoms with E-state index in [0.717, 1.165) is 0 Å². The molecule has 1 N–H and O–H groups in total. The first kappa shape index (κ1) is 21.5. The van der Waals surface area contributed by atoms with Gasteiger partial charge in [0.15, 0.2) is 6.61 Å². The molecule has 0 bridgehead atoms.